The minimum absolute atomic E-state index is 0.134. The molecule has 1 aromatic rings. The molecule has 0 radical (unpaired) electrons. The fourth-order valence-corrected chi connectivity index (χ4v) is 4.18. The molecule has 0 saturated heterocycles. The molecular weight excluding hydrogens is 265 g/mol. The first kappa shape index (κ1) is 14.8. The Morgan fingerprint density at radius 1 is 1.38 bits per heavy atom. The van der Waals surface area contributed by atoms with E-state index in [-0.39, 0.29) is 17.5 Å². The van der Waals surface area contributed by atoms with Gasteiger partial charge in [-0.2, -0.15) is 0 Å². The molecule has 1 saturated carbocycles. The first-order chi connectivity index (χ1) is 10.1. The predicted octanol–water partition coefficient (Wildman–Crippen LogP) is 4.45. The molecule has 4 atom stereocenters. The Morgan fingerprint density at radius 2 is 2.19 bits per heavy atom. The maximum Gasteiger partial charge on any atom is 0.127 e. The van der Waals surface area contributed by atoms with E-state index in [2.05, 4.69) is 26.1 Å². The molecule has 1 aliphatic carbocycles. The van der Waals surface area contributed by atoms with Crippen molar-refractivity contribution in [2.45, 2.75) is 58.1 Å². The Bertz CT molecular complexity index is 518. The van der Waals surface area contributed by atoms with Gasteiger partial charge in [-0.25, -0.2) is 4.39 Å². The number of ether oxygens (including phenoxy) is 1. The van der Waals surface area contributed by atoms with Crippen molar-refractivity contribution in [3.63, 3.8) is 0 Å². The standard InChI is InChI=1S/C18H26FNO/c1-4-20-16-11-18(9-5-6-12(2)13(18)3)21-17-10-14(19)7-8-15(16)17/h7-8,10,12-13,16,20H,4-6,9,11H2,1-3H3. The number of fused-ring (bicyclic) bond motifs is 1. The third kappa shape index (κ3) is 2.57. The van der Waals surface area contributed by atoms with Gasteiger partial charge in [0.25, 0.3) is 0 Å². The lowest BCUT2D eigenvalue weighted by Gasteiger charge is -2.50. The fourth-order valence-electron chi connectivity index (χ4n) is 4.18. The van der Waals surface area contributed by atoms with E-state index in [4.69, 9.17) is 4.74 Å². The summed E-state index contributed by atoms with van der Waals surface area (Å²) in [5.74, 6) is 1.70. The maximum absolute atomic E-state index is 13.6. The Labute approximate surface area is 127 Å². The summed E-state index contributed by atoms with van der Waals surface area (Å²) in [6.45, 7) is 7.66. The number of rotatable bonds is 2. The highest BCUT2D eigenvalue weighted by Crippen LogP contribution is 2.50. The number of hydrogen-bond acceptors (Lipinski definition) is 2. The van der Waals surface area contributed by atoms with E-state index in [1.54, 1.807) is 6.07 Å². The summed E-state index contributed by atoms with van der Waals surface area (Å²) in [6, 6.07) is 5.25. The van der Waals surface area contributed by atoms with Gasteiger partial charge in [0, 0.05) is 24.1 Å². The minimum Gasteiger partial charge on any atom is -0.486 e. The van der Waals surface area contributed by atoms with Gasteiger partial charge in [0.2, 0.25) is 0 Å². The van der Waals surface area contributed by atoms with Crippen LogP contribution in [0.25, 0.3) is 0 Å². The van der Waals surface area contributed by atoms with Gasteiger partial charge in [-0.05, 0) is 37.3 Å². The Balaban J connectivity index is 1.99. The third-order valence-electron chi connectivity index (χ3n) is 5.61. The average molecular weight is 291 g/mol. The first-order valence-electron chi connectivity index (χ1n) is 8.27. The molecule has 21 heavy (non-hydrogen) atoms. The predicted molar refractivity (Wildman–Crippen MR) is 83.0 cm³/mol. The number of hydrogen-bond donors (Lipinski definition) is 1. The quantitative estimate of drug-likeness (QED) is 0.869. The van der Waals surface area contributed by atoms with Crippen LogP contribution in [-0.2, 0) is 0 Å². The van der Waals surface area contributed by atoms with E-state index in [9.17, 15) is 4.39 Å². The van der Waals surface area contributed by atoms with Crippen LogP contribution in [0.15, 0.2) is 18.2 Å². The second-order valence-corrected chi connectivity index (χ2v) is 6.82. The molecule has 0 amide bonds. The SMILES string of the molecule is CCNC1CC2(CCCC(C)C2C)Oc2cc(F)ccc21. The summed E-state index contributed by atoms with van der Waals surface area (Å²) in [5, 5.41) is 3.56. The maximum atomic E-state index is 13.6. The molecule has 1 heterocycles. The Morgan fingerprint density at radius 3 is 2.95 bits per heavy atom. The second kappa shape index (κ2) is 5.60. The molecule has 116 valence electrons. The van der Waals surface area contributed by atoms with Gasteiger partial charge in [-0.1, -0.05) is 33.3 Å². The molecule has 1 fully saturated rings. The third-order valence-corrected chi connectivity index (χ3v) is 5.61. The lowest BCUT2D eigenvalue weighted by Crippen LogP contribution is -2.52. The molecule has 3 heteroatoms. The van der Waals surface area contributed by atoms with Gasteiger partial charge < -0.3 is 10.1 Å². The fraction of sp³-hybridized carbons (Fsp3) is 0.667. The van der Waals surface area contributed by atoms with Crippen LogP contribution in [0.2, 0.25) is 0 Å². The number of nitrogens with one attached hydrogen (secondary N) is 1. The largest absolute Gasteiger partial charge is 0.486 e. The molecule has 1 N–H and O–H groups in total. The van der Waals surface area contributed by atoms with Gasteiger partial charge in [-0.15, -0.1) is 0 Å². The number of benzene rings is 1. The van der Waals surface area contributed by atoms with Crippen molar-refractivity contribution in [3.05, 3.63) is 29.6 Å². The van der Waals surface area contributed by atoms with Crippen molar-refractivity contribution in [2.24, 2.45) is 11.8 Å². The normalized spacial score (nSPS) is 35.3. The van der Waals surface area contributed by atoms with E-state index in [0.717, 1.165) is 30.7 Å². The van der Waals surface area contributed by atoms with E-state index in [1.165, 1.54) is 18.9 Å². The van der Waals surface area contributed by atoms with Crippen molar-refractivity contribution in [1.29, 1.82) is 0 Å². The van der Waals surface area contributed by atoms with Crippen LogP contribution >= 0.6 is 0 Å². The molecule has 0 bridgehead atoms. The lowest BCUT2D eigenvalue weighted by molar-refractivity contribution is -0.0646. The van der Waals surface area contributed by atoms with Gasteiger partial charge in [-0.3, -0.25) is 0 Å². The molecular formula is C18H26FNO. The molecule has 2 nitrogen and oxygen atoms in total. The molecule has 1 aromatic carbocycles. The van der Waals surface area contributed by atoms with Crippen molar-refractivity contribution >= 4 is 0 Å². The zero-order valence-electron chi connectivity index (χ0n) is 13.3. The van der Waals surface area contributed by atoms with Crippen LogP contribution in [-0.4, -0.2) is 12.1 Å². The van der Waals surface area contributed by atoms with Gasteiger partial charge in [0.1, 0.15) is 17.2 Å². The highest BCUT2D eigenvalue weighted by atomic mass is 19.1. The van der Waals surface area contributed by atoms with E-state index >= 15 is 0 Å². The van der Waals surface area contributed by atoms with Crippen LogP contribution in [0.4, 0.5) is 4.39 Å². The molecule has 2 aliphatic rings. The summed E-state index contributed by atoms with van der Waals surface area (Å²) >= 11 is 0. The van der Waals surface area contributed by atoms with Crippen molar-refractivity contribution in [3.8, 4) is 5.75 Å². The summed E-state index contributed by atoms with van der Waals surface area (Å²) < 4.78 is 20.1. The zero-order valence-corrected chi connectivity index (χ0v) is 13.3. The van der Waals surface area contributed by atoms with Gasteiger partial charge in [0.15, 0.2) is 0 Å². The topological polar surface area (TPSA) is 21.3 Å². The van der Waals surface area contributed by atoms with Gasteiger partial charge >= 0.3 is 0 Å². The van der Waals surface area contributed by atoms with Crippen LogP contribution in [0.1, 0.15) is 58.1 Å². The summed E-state index contributed by atoms with van der Waals surface area (Å²) in [7, 11) is 0. The summed E-state index contributed by atoms with van der Waals surface area (Å²) in [4.78, 5) is 0. The molecule has 4 unspecified atom stereocenters. The average Bonchev–Trinajstić information content (AvgIpc) is 2.45. The van der Waals surface area contributed by atoms with E-state index in [1.807, 2.05) is 6.07 Å². The van der Waals surface area contributed by atoms with Crippen LogP contribution in [0, 0.1) is 17.7 Å². The Hall–Kier alpha value is -1.09. The highest BCUT2D eigenvalue weighted by molar-refractivity contribution is 5.40. The summed E-state index contributed by atoms with van der Waals surface area (Å²) in [5.41, 5.74) is 0.972. The van der Waals surface area contributed by atoms with Crippen LogP contribution in [0.3, 0.4) is 0 Å². The van der Waals surface area contributed by atoms with E-state index in [0.29, 0.717) is 11.8 Å². The van der Waals surface area contributed by atoms with Crippen molar-refractivity contribution in [2.75, 3.05) is 6.54 Å². The molecule has 0 aromatic heterocycles. The van der Waals surface area contributed by atoms with E-state index < -0.39 is 0 Å². The van der Waals surface area contributed by atoms with Gasteiger partial charge in [0.05, 0.1) is 0 Å². The van der Waals surface area contributed by atoms with Crippen molar-refractivity contribution < 1.29 is 9.13 Å². The first-order valence-corrected chi connectivity index (χ1v) is 8.27. The monoisotopic (exact) mass is 291 g/mol. The highest BCUT2D eigenvalue weighted by Gasteiger charge is 2.48. The molecule has 3 rings (SSSR count). The summed E-state index contributed by atoms with van der Waals surface area (Å²) in [6.07, 6.45) is 4.55. The number of halogens is 1. The zero-order chi connectivity index (χ0) is 15.0. The van der Waals surface area contributed by atoms with Crippen molar-refractivity contribution in [1.82, 2.24) is 5.32 Å². The smallest absolute Gasteiger partial charge is 0.127 e. The van der Waals surface area contributed by atoms with Crippen LogP contribution in [0.5, 0.6) is 5.75 Å². The molecule has 1 spiro atoms. The molecule has 1 aliphatic heterocycles. The van der Waals surface area contributed by atoms with Crippen LogP contribution < -0.4 is 10.1 Å². The Kier molecular flexibility index (Phi) is 3.96. The lowest BCUT2D eigenvalue weighted by atomic mass is 9.66. The second-order valence-electron chi connectivity index (χ2n) is 6.82. The minimum atomic E-state index is -0.211.